The number of furan rings is 1. The molecule has 1 aromatic rings. The predicted octanol–water partition coefficient (Wildman–Crippen LogP) is 1.64. The van der Waals surface area contributed by atoms with Crippen molar-refractivity contribution in [3.05, 3.63) is 21.9 Å². The molecule has 1 amide bonds. The summed E-state index contributed by atoms with van der Waals surface area (Å²) in [6.07, 6.45) is 1.49. The highest BCUT2D eigenvalue weighted by atomic mass is 79.9. The van der Waals surface area contributed by atoms with E-state index in [9.17, 15) is 10.1 Å². The second-order valence-electron chi connectivity index (χ2n) is 5.48. The van der Waals surface area contributed by atoms with Crippen molar-refractivity contribution in [2.75, 3.05) is 57.5 Å². The van der Waals surface area contributed by atoms with E-state index in [1.165, 1.54) is 6.08 Å². The molecule has 0 N–H and O–H groups in total. The van der Waals surface area contributed by atoms with Gasteiger partial charge in [-0.1, -0.05) is 0 Å². The van der Waals surface area contributed by atoms with Crippen LogP contribution in [0.5, 0.6) is 0 Å². The Kier molecular flexibility index (Phi) is 5.56. The number of ether oxygens (including phenoxy) is 2. The number of anilines is 1. The van der Waals surface area contributed by atoms with E-state index in [2.05, 4.69) is 20.8 Å². The molecular weight excluding hydrogens is 378 g/mol. The molecule has 0 atom stereocenters. The molecule has 0 bridgehead atoms. The average Bonchev–Trinajstić information content (AvgIpc) is 3.01. The Morgan fingerprint density at radius 3 is 2.42 bits per heavy atom. The molecule has 0 spiro atoms. The number of hydrogen-bond donors (Lipinski definition) is 0. The number of amides is 1. The third kappa shape index (κ3) is 3.80. The molecule has 2 fully saturated rings. The van der Waals surface area contributed by atoms with Crippen molar-refractivity contribution < 1.29 is 18.7 Å². The zero-order chi connectivity index (χ0) is 16.9. The Labute approximate surface area is 148 Å². The fourth-order valence-corrected chi connectivity index (χ4v) is 3.21. The fraction of sp³-hybridized carbons (Fsp3) is 0.500. The lowest BCUT2D eigenvalue weighted by molar-refractivity contribution is -0.130. The molecule has 2 aliphatic rings. The quantitative estimate of drug-likeness (QED) is 0.571. The van der Waals surface area contributed by atoms with E-state index in [4.69, 9.17) is 13.9 Å². The standard InChI is InChI=1S/C16H18BrN3O4/c17-14-10-13(24-16(14)20-3-7-23-8-4-20)9-12(11-18)15(21)19-1-5-22-6-2-19/h9-10H,1-8H2/b12-9-. The van der Waals surface area contributed by atoms with Crippen molar-refractivity contribution in [3.63, 3.8) is 0 Å². The lowest BCUT2D eigenvalue weighted by Crippen LogP contribution is -2.41. The summed E-state index contributed by atoms with van der Waals surface area (Å²) in [5.74, 6) is 0.878. The molecule has 1 aromatic heterocycles. The first-order valence-electron chi connectivity index (χ1n) is 7.80. The zero-order valence-electron chi connectivity index (χ0n) is 13.2. The number of carbonyl (C=O) groups excluding carboxylic acids is 1. The molecular formula is C16H18BrN3O4. The van der Waals surface area contributed by atoms with Crippen LogP contribution in [-0.2, 0) is 14.3 Å². The van der Waals surface area contributed by atoms with Crippen LogP contribution in [0.2, 0.25) is 0 Å². The van der Waals surface area contributed by atoms with Crippen LogP contribution in [-0.4, -0.2) is 63.4 Å². The van der Waals surface area contributed by atoms with E-state index in [0.29, 0.717) is 51.2 Å². The van der Waals surface area contributed by atoms with Gasteiger partial charge in [-0.3, -0.25) is 4.79 Å². The Balaban J connectivity index is 1.78. The van der Waals surface area contributed by atoms with Crippen molar-refractivity contribution in [2.24, 2.45) is 0 Å². The van der Waals surface area contributed by atoms with Gasteiger partial charge >= 0.3 is 0 Å². The van der Waals surface area contributed by atoms with Crippen molar-refractivity contribution in [2.45, 2.75) is 0 Å². The fourth-order valence-electron chi connectivity index (χ4n) is 2.65. The van der Waals surface area contributed by atoms with Crippen molar-refractivity contribution in [3.8, 4) is 6.07 Å². The van der Waals surface area contributed by atoms with Crippen LogP contribution in [0.3, 0.4) is 0 Å². The SMILES string of the molecule is N#C/C(=C/c1cc(Br)c(N2CCOCC2)o1)C(=O)N1CCOCC1. The molecule has 3 heterocycles. The van der Waals surface area contributed by atoms with Gasteiger partial charge in [0.15, 0.2) is 0 Å². The highest BCUT2D eigenvalue weighted by Crippen LogP contribution is 2.32. The lowest BCUT2D eigenvalue weighted by Gasteiger charge is -2.26. The monoisotopic (exact) mass is 395 g/mol. The number of halogens is 1. The summed E-state index contributed by atoms with van der Waals surface area (Å²) in [5.41, 5.74) is 0.0617. The normalized spacial score (nSPS) is 19.2. The maximum Gasteiger partial charge on any atom is 0.264 e. The van der Waals surface area contributed by atoms with E-state index < -0.39 is 0 Å². The molecule has 0 unspecified atom stereocenters. The van der Waals surface area contributed by atoms with Gasteiger partial charge in [0.25, 0.3) is 5.91 Å². The number of nitriles is 1. The summed E-state index contributed by atoms with van der Waals surface area (Å²) in [6.45, 7) is 4.78. The summed E-state index contributed by atoms with van der Waals surface area (Å²) in [5, 5.41) is 9.34. The first-order chi connectivity index (χ1) is 11.7. The van der Waals surface area contributed by atoms with Crippen molar-refractivity contribution in [1.82, 2.24) is 4.90 Å². The Morgan fingerprint density at radius 1 is 1.17 bits per heavy atom. The van der Waals surface area contributed by atoms with Gasteiger partial charge in [-0.2, -0.15) is 5.26 Å². The van der Waals surface area contributed by atoms with Gasteiger partial charge in [0.05, 0.1) is 30.9 Å². The van der Waals surface area contributed by atoms with Gasteiger partial charge < -0.3 is 23.7 Å². The average molecular weight is 396 g/mol. The van der Waals surface area contributed by atoms with Gasteiger partial charge in [0.2, 0.25) is 5.88 Å². The topological polar surface area (TPSA) is 78.9 Å². The zero-order valence-corrected chi connectivity index (χ0v) is 14.8. The highest BCUT2D eigenvalue weighted by molar-refractivity contribution is 9.10. The minimum atomic E-state index is -0.291. The first-order valence-corrected chi connectivity index (χ1v) is 8.59. The van der Waals surface area contributed by atoms with Crippen LogP contribution in [0.4, 0.5) is 5.88 Å². The van der Waals surface area contributed by atoms with E-state index in [1.54, 1.807) is 11.0 Å². The predicted molar refractivity (Wildman–Crippen MR) is 90.4 cm³/mol. The maximum atomic E-state index is 12.4. The molecule has 2 aliphatic heterocycles. The molecule has 0 aliphatic carbocycles. The maximum absolute atomic E-state index is 12.4. The summed E-state index contributed by atoms with van der Waals surface area (Å²) >= 11 is 3.48. The Bertz CT molecular complexity index is 667. The van der Waals surface area contributed by atoms with Crippen LogP contribution in [0, 0.1) is 11.3 Å². The third-order valence-electron chi connectivity index (χ3n) is 3.92. The van der Waals surface area contributed by atoms with Crippen LogP contribution < -0.4 is 4.90 Å². The molecule has 0 aromatic carbocycles. The molecule has 3 rings (SSSR count). The summed E-state index contributed by atoms with van der Waals surface area (Å²) in [7, 11) is 0. The Hall–Kier alpha value is -1.82. The molecule has 128 valence electrons. The number of rotatable bonds is 3. The minimum absolute atomic E-state index is 0.0617. The number of nitrogens with zero attached hydrogens (tertiary/aromatic N) is 3. The van der Waals surface area contributed by atoms with Crippen molar-refractivity contribution >= 4 is 33.8 Å². The van der Waals surface area contributed by atoms with E-state index in [-0.39, 0.29) is 11.5 Å². The van der Waals surface area contributed by atoms with Gasteiger partial charge in [-0.15, -0.1) is 0 Å². The second kappa shape index (κ2) is 7.83. The minimum Gasteiger partial charge on any atom is -0.440 e. The largest absolute Gasteiger partial charge is 0.440 e. The van der Waals surface area contributed by atoms with Crippen LogP contribution in [0.25, 0.3) is 6.08 Å². The van der Waals surface area contributed by atoms with Gasteiger partial charge in [0, 0.05) is 38.3 Å². The van der Waals surface area contributed by atoms with Crippen LogP contribution >= 0.6 is 15.9 Å². The lowest BCUT2D eigenvalue weighted by atomic mass is 10.2. The molecule has 7 nitrogen and oxygen atoms in total. The molecule has 8 heteroatoms. The van der Waals surface area contributed by atoms with Crippen LogP contribution in [0.1, 0.15) is 5.76 Å². The van der Waals surface area contributed by atoms with E-state index >= 15 is 0 Å². The molecule has 24 heavy (non-hydrogen) atoms. The van der Waals surface area contributed by atoms with Gasteiger partial charge in [-0.05, 0) is 15.9 Å². The number of hydrogen-bond acceptors (Lipinski definition) is 6. The molecule has 0 radical (unpaired) electrons. The van der Waals surface area contributed by atoms with E-state index in [1.807, 2.05) is 6.07 Å². The summed E-state index contributed by atoms with van der Waals surface area (Å²) in [4.78, 5) is 16.1. The van der Waals surface area contributed by atoms with Crippen molar-refractivity contribution in [1.29, 1.82) is 5.26 Å². The van der Waals surface area contributed by atoms with Gasteiger partial charge in [-0.25, -0.2) is 0 Å². The van der Waals surface area contributed by atoms with Crippen LogP contribution in [0.15, 0.2) is 20.5 Å². The second-order valence-corrected chi connectivity index (χ2v) is 6.33. The highest BCUT2D eigenvalue weighted by Gasteiger charge is 2.22. The first kappa shape index (κ1) is 17.0. The van der Waals surface area contributed by atoms with E-state index in [0.717, 1.165) is 17.6 Å². The van der Waals surface area contributed by atoms with Gasteiger partial charge in [0.1, 0.15) is 17.4 Å². The smallest absolute Gasteiger partial charge is 0.264 e. The third-order valence-corrected chi connectivity index (χ3v) is 4.49. The summed E-state index contributed by atoms with van der Waals surface area (Å²) in [6, 6.07) is 3.75. The number of morpholine rings is 2. The molecule has 2 saturated heterocycles. The Morgan fingerprint density at radius 2 is 1.79 bits per heavy atom. The number of carbonyl (C=O) groups is 1. The summed E-state index contributed by atoms with van der Waals surface area (Å²) < 4.78 is 17.2. The molecule has 0 saturated carbocycles.